The van der Waals surface area contributed by atoms with Gasteiger partial charge in [0.25, 0.3) is 0 Å². The maximum atomic E-state index is 6.29. The van der Waals surface area contributed by atoms with Crippen molar-refractivity contribution in [2.75, 3.05) is 43.2 Å². The van der Waals surface area contributed by atoms with E-state index >= 15 is 0 Å². The first-order chi connectivity index (χ1) is 15.1. The van der Waals surface area contributed by atoms with E-state index in [-0.39, 0.29) is 6.10 Å². The molecule has 1 radical (unpaired) electrons. The first kappa shape index (κ1) is 19.7. The van der Waals surface area contributed by atoms with Crippen LogP contribution in [-0.2, 0) is 7.05 Å². The highest BCUT2D eigenvalue weighted by molar-refractivity contribution is 6.32. The summed E-state index contributed by atoms with van der Waals surface area (Å²) in [5.41, 5.74) is 1.72. The number of aromatic nitrogens is 4. The van der Waals surface area contributed by atoms with E-state index in [1.165, 1.54) is 0 Å². The third-order valence-electron chi connectivity index (χ3n) is 5.43. The molecule has 5 heterocycles. The molecule has 2 aliphatic rings. The van der Waals surface area contributed by atoms with E-state index < -0.39 is 0 Å². The van der Waals surface area contributed by atoms with Crippen LogP contribution in [0.4, 0.5) is 17.3 Å². The van der Waals surface area contributed by atoms with E-state index in [0.29, 0.717) is 35.7 Å². The van der Waals surface area contributed by atoms with E-state index in [1.807, 2.05) is 29.9 Å². The van der Waals surface area contributed by atoms with Crippen LogP contribution < -0.4 is 24.0 Å². The van der Waals surface area contributed by atoms with Crippen LogP contribution in [0.5, 0.6) is 17.5 Å². The van der Waals surface area contributed by atoms with Crippen molar-refractivity contribution in [3.8, 4) is 17.5 Å². The predicted octanol–water partition coefficient (Wildman–Crippen LogP) is 2.86. The summed E-state index contributed by atoms with van der Waals surface area (Å²) in [6.07, 6.45) is 9.06. The highest BCUT2D eigenvalue weighted by atomic mass is 35.5. The van der Waals surface area contributed by atoms with E-state index in [2.05, 4.69) is 30.9 Å². The van der Waals surface area contributed by atoms with Gasteiger partial charge >= 0.3 is 0 Å². The Balaban J connectivity index is 1.35. The molecule has 10 heteroatoms. The quantitative estimate of drug-likeness (QED) is 0.598. The monoisotopic (exact) mass is 441 g/mol. The van der Waals surface area contributed by atoms with Crippen LogP contribution in [0.1, 0.15) is 6.42 Å². The number of ether oxygens (including phenoxy) is 3. The van der Waals surface area contributed by atoms with Gasteiger partial charge in [0, 0.05) is 32.3 Å². The topological polar surface area (TPSA) is 77.8 Å². The van der Waals surface area contributed by atoms with Gasteiger partial charge in [-0.3, -0.25) is 0 Å². The Morgan fingerprint density at radius 1 is 1.23 bits per heavy atom. The van der Waals surface area contributed by atoms with E-state index in [4.69, 9.17) is 25.8 Å². The van der Waals surface area contributed by atoms with Gasteiger partial charge in [-0.05, 0) is 6.07 Å². The van der Waals surface area contributed by atoms with Crippen LogP contribution in [-0.4, -0.2) is 59.0 Å². The van der Waals surface area contributed by atoms with Crippen molar-refractivity contribution in [3.63, 3.8) is 0 Å². The van der Waals surface area contributed by atoms with Gasteiger partial charge in [0.2, 0.25) is 17.7 Å². The number of nitrogens with zero attached hydrogens (tertiary/aromatic N) is 6. The number of pyridine rings is 2. The molecule has 0 saturated carbocycles. The zero-order chi connectivity index (χ0) is 21.4. The number of fused-ring (bicyclic) bond motifs is 1. The molecule has 1 atom stereocenters. The summed E-state index contributed by atoms with van der Waals surface area (Å²) >= 11 is 6.29. The number of methoxy groups -OCH3 is 1. The first-order valence-corrected chi connectivity index (χ1v) is 10.4. The van der Waals surface area contributed by atoms with Gasteiger partial charge < -0.3 is 28.6 Å². The number of rotatable bonds is 5. The minimum absolute atomic E-state index is 0.0253. The minimum atomic E-state index is 0.0253. The van der Waals surface area contributed by atoms with Gasteiger partial charge in [-0.2, -0.15) is 0 Å². The number of hydrogen-bond donors (Lipinski definition) is 0. The van der Waals surface area contributed by atoms with Crippen molar-refractivity contribution in [3.05, 3.63) is 41.9 Å². The molecule has 0 spiro atoms. The van der Waals surface area contributed by atoms with Crippen molar-refractivity contribution in [2.24, 2.45) is 7.05 Å². The van der Waals surface area contributed by atoms with Crippen molar-refractivity contribution in [2.45, 2.75) is 12.5 Å². The first-order valence-electron chi connectivity index (χ1n) is 10.0. The summed E-state index contributed by atoms with van der Waals surface area (Å²) in [6.45, 7) is 2.82. The number of imidazole rings is 1. The van der Waals surface area contributed by atoms with Crippen LogP contribution >= 0.6 is 11.6 Å². The SMILES string of the molecule is COc1ncc(N2CCOc3cnc(O[C@H]4CCN(c5n[c]cn5C)C4)cc32)cc1Cl. The van der Waals surface area contributed by atoms with Crippen molar-refractivity contribution < 1.29 is 14.2 Å². The van der Waals surface area contributed by atoms with E-state index in [1.54, 1.807) is 19.5 Å². The van der Waals surface area contributed by atoms with Gasteiger partial charge in [-0.25, -0.2) is 15.0 Å². The lowest BCUT2D eigenvalue weighted by molar-refractivity contribution is 0.214. The van der Waals surface area contributed by atoms with Crippen LogP contribution in [0, 0.1) is 6.20 Å². The van der Waals surface area contributed by atoms with E-state index in [9.17, 15) is 0 Å². The van der Waals surface area contributed by atoms with Crippen LogP contribution in [0.25, 0.3) is 0 Å². The third-order valence-corrected chi connectivity index (χ3v) is 5.70. The zero-order valence-electron chi connectivity index (χ0n) is 17.3. The summed E-state index contributed by atoms with van der Waals surface area (Å²) in [7, 11) is 3.51. The standard InChI is InChI=1S/C21H22ClN6O3/c1-26-6-4-23-21(26)27-5-3-15(13-27)31-19-10-17-18(12-24-19)30-8-7-28(17)14-9-16(22)20(29-2)25-11-14/h6,9-12,15H,3,5,7-8,13H2,1-2H3/t15-/m0/s1. The van der Waals surface area contributed by atoms with Crippen LogP contribution in [0.2, 0.25) is 5.02 Å². The number of hydrogen-bond acceptors (Lipinski definition) is 8. The van der Waals surface area contributed by atoms with Crippen molar-refractivity contribution in [1.29, 1.82) is 0 Å². The lowest BCUT2D eigenvalue weighted by Crippen LogP contribution is -2.29. The van der Waals surface area contributed by atoms with Gasteiger partial charge in [0.1, 0.15) is 23.9 Å². The Bertz CT molecular complexity index is 1090. The molecule has 0 aliphatic carbocycles. The second-order valence-electron chi connectivity index (χ2n) is 7.43. The second kappa shape index (κ2) is 8.14. The summed E-state index contributed by atoms with van der Waals surface area (Å²) in [6, 6.07) is 3.74. The molecule has 31 heavy (non-hydrogen) atoms. The summed E-state index contributed by atoms with van der Waals surface area (Å²) in [5.74, 6) is 2.55. The summed E-state index contributed by atoms with van der Waals surface area (Å²) in [5, 5.41) is 0.455. The molecule has 0 amide bonds. The molecule has 0 bridgehead atoms. The molecule has 0 N–H and O–H groups in total. The summed E-state index contributed by atoms with van der Waals surface area (Å²) in [4.78, 5) is 17.3. The van der Waals surface area contributed by atoms with Crippen molar-refractivity contribution in [1.82, 2.24) is 19.5 Å². The molecule has 3 aromatic rings. The number of halogens is 1. The van der Waals surface area contributed by atoms with Crippen LogP contribution in [0.15, 0.2) is 30.7 Å². The average molecular weight is 442 g/mol. The number of anilines is 3. The molecule has 2 aliphatic heterocycles. The molecular weight excluding hydrogens is 420 g/mol. The molecule has 1 fully saturated rings. The molecular formula is C21H22ClN6O3. The second-order valence-corrected chi connectivity index (χ2v) is 7.84. The Morgan fingerprint density at radius 2 is 2.13 bits per heavy atom. The van der Waals surface area contributed by atoms with Crippen molar-refractivity contribution >= 4 is 28.9 Å². The molecule has 5 rings (SSSR count). The highest BCUT2D eigenvalue weighted by Gasteiger charge is 2.28. The zero-order valence-corrected chi connectivity index (χ0v) is 18.0. The van der Waals surface area contributed by atoms with Gasteiger partial charge in [-0.15, -0.1) is 0 Å². The maximum absolute atomic E-state index is 6.29. The van der Waals surface area contributed by atoms with Gasteiger partial charge in [-0.1, -0.05) is 11.6 Å². The fraction of sp³-hybridized carbons (Fsp3) is 0.381. The van der Waals surface area contributed by atoms with Gasteiger partial charge in [0.15, 0.2) is 5.75 Å². The fourth-order valence-electron chi connectivity index (χ4n) is 3.93. The Labute approximate surface area is 185 Å². The third kappa shape index (κ3) is 3.81. The molecule has 161 valence electrons. The Hall–Kier alpha value is -3.20. The lowest BCUT2D eigenvalue weighted by atomic mass is 10.2. The smallest absolute Gasteiger partial charge is 0.232 e. The van der Waals surface area contributed by atoms with E-state index in [0.717, 1.165) is 36.8 Å². The van der Waals surface area contributed by atoms with Gasteiger partial charge in [0.05, 0.1) is 44.0 Å². The molecule has 1 saturated heterocycles. The Morgan fingerprint density at radius 3 is 2.90 bits per heavy atom. The number of aryl methyl sites for hydroxylation is 1. The minimum Gasteiger partial charge on any atom is -0.488 e. The fourth-order valence-corrected chi connectivity index (χ4v) is 4.17. The largest absolute Gasteiger partial charge is 0.488 e. The highest BCUT2D eigenvalue weighted by Crippen LogP contribution is 2.39. The predicted molar refractivity (Wildman–Crippen MR) is 116 cm³/mol. The normalized spacial score (nSPS) is 18.0. The molecule has 3 aromatic heterocycles. The molecule has 0 unspecified atom stereocenters. The Kier molecular flexibility index (Phi) is 5.19. The molecule has 9 nitrogen and oxygen atoms in total. The van der Waals surface area contributed by atoms with Crippen LogP contribution in [0.3, 0.4) is 0 Å². The average Bonchev–Trinajstić information content (AvgIpc) is 3.41. The lowest BCUT2D eigenvalue weighted by Gasteiger charge is -2.31. The summed E-state index contributed by atoms with van der Waals surface area (Å²) < 4.78 is 19.1. The molecule has 0 aromatic carbocycles. The maximum Gasteiger partial charge on any atom is 0.232 e.